The lowest BCUT2D eigenvalue weighted by atomic mass is 10.2. The molecule has 0 bridgehead atoms. The highest BCUT2D eigenvalue weighted by Gasteiger charge is 1.95. The Morgan fingerprint density at radius 1 is 1.21 bits per heavy atom. The Morgan fingerprint density at radius 2 is 2.07 bits per heavy atom. The number of unbranched alkanes of at least 4 members (excludes halogenated alkanes) is 3. The van der Waals surface area contributed by atoms with Gasteiger partial charge in [-0.05, 0) is 25.0 Å². The van der Waals surface area contributed by atoms with Crippen LogP contribution in [0.1, 0.15) is 31.4 Å². The Labute approximate surface area is 93.8 Å². The molecule has 80 valence electrons. The van der Waals surface area contributed by atoms with Crippen LogP contribution in [-0.4, -0.2) is 11.9 Å². The van der Waals surface area contributed by atoms with E-state index in [9.17, 15) is 0 Å². The van der Waals surface area contributed by atoms with Crippen molar-refractivity contribution >= 4 is 15.9 Å². The van der Waals surface area contributed by atoms with Gasteiger partial charge < -0.3 is 9.15 Å². The van der Waals surface area contributed by atoms with Gasteiger partial charge in [-0.1, -0.05) is 28.8 Å². The van der Waals surface area contributed by atoms with Crippen molar-refractivity contribution in [1.29, 1.82) is 0 Å². The van der Waals surface area contributed by atoms with Crippen molar-refractivity contribution in [2.75, 3.05) is 11.9 Å². The van der Waals surface area contributed by atoms with E-state index in [-0.39, 0.29) is 0 Å². The van der Waals surface area contributed by atoms with Gasteiger partial charge in [-0.3, -0.25) is 0 Å². The summed E-state index contributed by atoms with van der Waals surface area (Å²) in [6.07, 6.45) is 6.62. The first-order valence-corrected chi connectivity index (χ1v) is 6.21. The van der Waals surface area contributed by atoms with Gasteiger partial charge in [0, 0.05) is 11.9 Å². The van der Waals surface area contributed by atoms with Gasteiger partial charge in [0.05, 0.1) is 6.26 Å². The summed E-state index contributed by atoms with van der Waals surface area (Å²) in [5.41, 5.74) is 0. The number of hydrogen-bond donors (Lipinski definition) is 0. The summed E-state index contributed by atoms with van der Waals surface area (Å²) in [5, 5.41) is 1.11. The highest BCUT2D eigenvalue weighted by atomic mass is 79.9. The molecule has 0 fully saturated rings. The zero-order valence-corrected chi connectivity index (χ0v) is 9.96. The zero-order valence-electron chi connectivity index (χ0n) is 8.38. The smallest absolute Gasteiger partial charge is 0.129 e. The molecule has 1 aromatic rings. The van der Waals surface area contributed by atoms with Gasteiger partial charge in [-0.25, -0.2) is 0 Å². The molecule has 0 aromatic carbocycles. The third kappa shape index (κ3) is 5.45. The predicted octanol–water partition coefficient (Wildman–Crippen LogP) is 3.75. The monoisotopic (exact) mass is 260 g/mol. The van der Waals surface area contributed by atoms with E-state index in [0.29, 0.717) is 6.61 Å². The van der Waals surface area contributed by atoms with Crippen LogP contribution in [0.2, 0.25) is 0 Å². The minimum Gasteiger partial charge on any atom is -0.467 e. The van der Waals surface area contributed by atoms with E-state index in [1.807, 2.05) is 12.1 Å². The minimum absolute atomic E-state index is 0.603. The van der Waals surface area contributed by atoms with Crippen molar-refractivity contribution in [3.05, 3.63) is 24.2 Å². The van der Waals surface area contributed by atoms with Gasteiger partial charge in [0.1, 0.15) is 12.4 Å². The molecule has 0 saturated carbocycles. The van der Waals surface area contributed by atoms with Gasteiger partial charge in [0.25, 0.3) is 0 Å². The van der Waals surface area contributed by atoms with E-state index >= 15 is 0 Å². The second-order valence-corrected chi connectivity index (χ2v) is 4.03. The number of halogens is 1. The van der Waals surface area contributed by atoms with E-state index in [0.717, 1.165) is 24.1 Å². The van der Waals surface area contributed by atoms with Crippen molar-refractivity contribution in [3.63, 3.8) is 0 Å². The Balaban J connectivity index is 1.85. The van der Waals surface area contributed by atoms with Crippen LogP contribution in [0.3, 0.4) is 0 Å². The van der Waals surface area contributed by atoms with Crippen molar-refractivity contribution < 1.29 is 9.15 Å². The highest BCUT2D eigenvalue weighted by Crippen LogP contribution is 2.05. The number of ether oxygens (including phenoxy) is 1. The van der Waals surface area contributed by atoms with E-state index in [1.165, 1.54) is 19.3 Å². The maximum Gasteiger partial charge on any atom is 0.129 e. The molecule has 14 heavy (non-hydrogen) atoms. The van der Waals surface area contributed by atoms with Gasteiger partial charge in [0.15, 0.2) is 0 Å². The van der Waals surface area contributed by atoms with Crippen LogP contribution in [0.4, 0.5) is 0 Å². The number of rotatable bonds is 8. The molecule has 0 atom stereocenters. The summed E-state index contributed by atoms with van der Waals surface area (Å²) >= 11 is 3.41. The topological polar surface area (TPSA) is 22.4 Å². The molecule has 1 rings (SSSR count). The number of furan rings is 1. The largest absolute Gasteiger partial charge is 0.467 e. The molecular formula is C11H17BrO2. The molecule has 0 saturated heterocycles. The second-order valence-electron chi connectivity index (χ2n) is 3.24. The second kappa shape index (κ2) is 8.06. The average Bonchev–Trinajstić information content (AvgIpc) is 2.69. The third-order valence-corrected chi connectivity index (χ3v) is 2.56. The van der Waals surface area contributed by atoms with E-state index < -0.39 is 0 Å². The van der Waals surface area contributed by atoms with Crippen LogP contribution in [0, 0.1) is 0 Å². The van der Waals surface area contributed by atoms with Crippen molar-refractivity contribution in [2.45, 2.75) is 32.3 Å². The van der Waals surface area contributed by atoms with Crippen LogP contribution in [0.15, 0.2) is 22.8 Å². The van der Waals surface area contributed by atoms with Gasteiger partial charge >= 0.3 is 0 Å². The maximum atomic E-state index is 5.45. The van der Waals surface area contributed by atoms with E-state index in [1.54, 1.807) is 6.26 Å². The minimum atomic E-state index is 0.603. The molecule has 1 heterocycles. The van der Waals surface area contributed by atoms with Crippen LogP contribution < -0.4 is 0 Å². The summed E-state index contributed by atoms with van der Waals surface area (Å²) in [6, 6.07) is 3.82. The molecule has 0 radical (unpaired) electrons. The lowest BCUT2D eigenvalue weighted by molar-refractivity contribution is 0.102. The first-order valence-electron chi connectivity index (χ1n) is 5.09. The molecule has 0 aliphatic heterocycles. The Bertz CT molecular complexity index is 209. The molecular weight excluding hydrogens is 244 g/mol. The zero-order chi connectivity index (χ0) is 10.1. The lowest BCUT2D eigenvalue weighted by Gasteiger charge is -2.01. The number of alkyl halides is 1. The lowest BCUT2D eigenvalue weighted by Crippen LogP contribution is -1.94. The van der Waals surface area contributed by atoms with E-state index in [2.05, 4.69) is 15.9 Å². The fraction of sp³-hybridized carbons (Fsp3) is 0.636. The third-order valence-electron chi connectivity index (χ3n) is 2.00. The average molecular weight is 261 g/mol. The molecule has 0 amide bonds. The normalized spacial score (nSPS) is 10.6. The molecule has 0 N–H and O–H groups in total. The Hall–Kier alpha value is -0.280. The molecule has 0 spiro atoms. The van der Waals surface area contributed by atoms with Crippen molar-refractivity contribution in [3.8, 4) is 0 Å². The van der Waals surface area contributed by atoms with Gasteiger partial charge in [-0.15, -0.1) is 0 Å². The molecule has 3 heteroatoms. The summed E-state index contributed by atoms with van der Waals surface area (Å²) in [7, 11) is 0. The molecule has 0 unspecified atom stereocenters. The molecule has 1 aromatic heterocycles. The predicted molar refractivity (Wildman–Crippen MR) is 60.6 cm³/mol. The Morgan fingerprint density at radius 3 is 2.79 bits per heavy atom. The summed E-state index contributed by atoms with van der Waals surface area (Å²) in [6.45, 7) is 1.44. The summed E-state index contributed by atoms with van der Waals surface area (Å²) in [5.74, 6) is 0.908. The first-order chi connectivity index (χ1) is 6.93. The number of hydrogen-bond acceptors (Lipinski definition) is 2. The van der Waals surface area contributed by atoms with Crippen LogP contribution in [0.5, 0.6) is 0 Å². The van der Waals surface area contributed by atoms with Crippen molar-refractivity contribution in [1.82, 2.24) is 0 Å². The maximum absolute atomic E-state index is 5.45. The van der Waals surface area contributed by atoms with Crippen LogP contribution in [0.25, 0.3) is 0 Å². The fourth-order valence-corrected chi connectivity index (χ4v) is 1.62. The molecule has 0 aliphatic carbocycles. The van der Waals surface area contributed by atoms with Crippen LogP contribution in [-0.2, 0) is 11.3 Å². The fourth-order valence-electron chi connectivity index (χ4n) is 1.22. The standard InChI is InChI=1S/C11H17BrO2/c12-7-3-1-2-4-8-13-10-11-6-5-9-14-11/h5-6,9H,1-4,7-8,10H2. The molecule has 0 aliphatic rings. The Kier molecular flexibility index (Phi) is 6.79. The summed E-state index contributed by atoms with van der Waals surface area (Å²) in [4.78, 5) is 0. The highest BCUT2D eigenvalue weighted by molar-refractivity contribution is 9.09. The van der Waals surface area contributed by atoms with Gasteiger partial charge in [-0.2, -0.15) is 0 Å². The van der Waals surface area contributed by atoms with E-state index in [4.69, 9.17) is 9.15 Å². The molecule has 2 nitrogen and oxygen atoms in total. The SMILES string of the molecule is BrCCCCCCOCc1ccco1. The van der Waals surface area contributed by atoms with Crippen molar-refractivity contribution in [2.24, 2.45) is 0 Å². The van der Waals surface area contributed by atoms with Gasteiger partial charge in [0.2, 0.25) is 0 Å². The van der Waals surface area contributed by atoms with Crippen LogP contribution >= 0.6 is 15.9 Å². The quantitative estimate of drug-likeness (QED) is 0.525. The summed E-state index contributed by atoms with van der Waals surface area (Å²) < 4.78 is 10.6. The first kappa shape index (κ1) is 11.8.